The van der Waals surface area contributed by atoms with Crippen molar-refractivity contribution >= 4 is 11.9 Å². The van der Waals surface area contributed by atoms with E-state index in [1.165, 1.54) is 0 Å². The molecule has 0 aliphatic carbocycles. The fourth-order valence-electron chi connectivity index (χ4n) is 1.56. The first kappa shape index (κ1) is 16.2. The molecule has 100 valence electrons. The zero-order valence-electron chi connectivity index (χ0n) is 11.3. The van der Waals surface area contributed by atoms with Crippen molar-refractivity contribution in [2.24, 2.45) is 5.92 Å². The predicted octanol–water partition coefficient (Wildman–Crippen LogP) is 1.98. The molecule has 0 aromatic heterocycles. The third-order valence-electron chi connectivity index (χ3n) is 2.49. The van der Waals surface area contributed by atoms with Gasteiger partial charge in [-0.25, -0.2) is 4.79 Å². The summed E-state index contributed by atoms with van der Waals surface area (Å²) < 4.78 is 9.69. The minimum Gasteiger partial charge on any atom is -0.466 e. The van der Waals surface area contributed by atoms with Crippen molar-refractivity contribution in [3.05, 3.63) is 11.1 Å². The SMILES string of the molecule is CCOC(=O)/C(C#N)=C(\C)[C@@H](CC)C(=O)OCC. The molecule has 0 amide bonds. The van der Waals surface area contributed by atoms with Gasteiger partial charge in [-0.3, -0.25) is 4.79 Å². The highest BCUT2D eigenvalue weighted by Gasteiger charge is 2.25. The molecule has 5 heteroatoms. The molecule has 0 fully saturated rings. The predicted molar refractivity (Wildman–Crippen MR) is 65.4 cm³/mol. The van der Waals surface area contributed by atoms with Crippen LogP contribution in [0.2, 0.25) is 0 Å². The Morgan fingerprint density at radius 2 is 1.72 bits per heavy atom. The van der Waals surface area contributed by atoms with E-state index in [2.05, 4.69) is 0 Å². The second-order valence-corrected chi connectivity index (χ2v) is 3.60. The molecule has 0 aromatic carbocycles. The Morgan fingerprint density at radius 3 is 2.11 bits per heavy atom. The lowest BCUT2D eigenvalue weighted by Gasteiger charge is -2.15. The topological polar surface area (TPSA) is 76.4 Å². The average molecular weight is 253 g/mol. The molecule has 0 unspecified atom stereocenters. The van der Waals surface area contributed by atoms with Gasteiger partial charge in [-0.1, -0.05) is 6.92 Å². The Hall–Kier alpha value is -1.83. The summed E-state index contributed by atoms with van der Waals surface area (Å²) in [6, 6.07) is 1.80. The van der Waals surface area contributed by atoms with Gasteiger partial charge in [-0.15, -0.1) is 0 Å². The molecule has 1 atom stereocenters. The van der Waals surface area contributed by atoms with Crippen molar-refractivity contribution in [2.45, 2.75) is 34.1 Å². The van der Waals surface area contributed by atoms with E-state index >= 15 is 0 Å². The van der Waals surface area contributed by atoms with E-state index in [1.54, 1.807) is 33.8 Å². The fraction of sp³-hybridized carbons (Fsp3) is 0.615. The molecule has 0 aliphatic rings. The van der Waals surface area contributed by atoms with Gasteiger partial charge in [0.15, 0.2) is 0 Å². The van der Waals surface area contributed by atoms with Crippen LogP contribution in [0, 0.1) is 17.2 Å². The zero-order chi connectivity index (χ0) is 14.1. The van der Waals surface area contributed by atoms with Crippen LogP contribution in [0.4, 0.5) is 0 Å². The van der Waals surface area contributed by atoms with Crippen LogP contribution in [-0.2, 0) is 19.1 Å². The number of carbonyl (C=O) groups excluding carboxylic acids is 2. The van der Waals surface area contributed by atoms with Crippen LogP contribution < -0.4 is 0 Å². The number of hydrogen-bond acceptors (Lipinski definition) is 5. The Morgan fingerprint density at radius 1 is 1.17 bits per heavy atom. The second-order valence-electron chi connectivity index (χ2n) is 3.60. The summed E-state index contributed by atoms with van der Waals surface area (Å²) in [4.78, 5) is 23.3. The maximum Gasteiger partial charge on any atom is 0.348 e. The minimum absolute atomic E-state index is 0.114. The van der Waals surface area contributed by atoms with E-state index in [4.69, 9.17) is 14.7 Å². The van der Waals surface area contributed by atoms with Gasteiger partial charge in [0.1, 0.15) is 11.6 Å². The van der Waals surface area contributed by atoms with E-state index < -0.39 is 17.9 Å². The Kier molecular flexibility index (Phi) is 7.45. The van der Waals surface area contributed by atoms with Crippen molar-refractivity contribution in [3.8, 4) is 6.07 Å². The molecule has 18 heavy (non-hydrogen) atoms. The summed E-state index contributed by atoms with van der Waals surface area (Å²) in [5, 5.41) is 8.99. The first-order chi connectivity index (χ1) is 8.53. The standard InChI is InChI=1S/C13H19NO4/c1-5-10(12(15)17-6-2)9(4)11(8-14)13(16)18-7-3/h10H,5-7H2,1-4H3/b11-9+/t10-/m1/s1. The van der Waals surface area contributed by atoms with Crippen LogP contribution in [0.5, 0.6) is 0 Å². The van der Waals surface area contributed by atoms with Crippen molar-refractivity contribution in [2.75, 3.05) is 13.2 Å². The molecule has 0 aliphatic heterocycles. The Labute approximate surface area is 107 Å². The normalized spacial score (nSPS) is 13.1. The maximum absolute atomic E-state index is 11.7. The van der Waals surface area contributed by atoms with Gasteiger partial charge in [0.25, 0.3) is 0 Å². The van der Waals surface area contributed by atoms with Crippen LogP contribution in [0.3, 0.4) is 0 Å². The molecule has 0 rings (SSSR count). The van der Waals surface area contributed by atoms with E-state index in [0.29, 0.717) is 12.0 Å². The van der Waals surface area contributed by atoms with Crippen LogP contribution in [-0.4, -0.2) is 25.2 Å². The monoisotopic (exact) mass is 253 g/mol. The van der Waals surface area contributed by atoms with Gasteiger partial charge >= 0.3 is 11.9 Å². The third kappa shape index (κ3) is 4.21. The largest absolute Gasteiger partial charge is 0.466 e. The molecule has 0 heterocycles. The molecule has 0 aromatic rings. The van der Waals surface area contributed by atoms with Crippen molar-refractivity contribution in [1.29, 1.82) is 5.26 Å². The van der Waals surface area contributed by atoms with Gasteiger partial charge < -0.3 is 9.47 Å². The number of nitrogens with zero attached hydrogens (tertiary/aromatic N) is 1. The number of carbonyl (C=O) groups is 2. The lowest BCUT2D eigenvalue weighted by Crippen LogP contribution is -2.21. The minimum atomic E-state index is -0.694. The van der Waals surface area contributed by atoms with E-state index in [-0.39, 0.29) is 18.8 Å². The first-order valence-electron chi connectivity index (χ1n) is 5.97. The lowest BCUT2D eigenvalue weighted by atomic mass is 9.93. The second kappa shape index (κ2) is 8.29. The van der Waals surface area contributed by atoms with Crippen LogP contribution in [0.25, 0.3) is 0 Å². The molecule has 5 nitrogen and oxygen atoms in total. The summed E-state index contributed by atoms with van der Waals surface area (Å²) in [5.74, 6) is -1.70. The zero-order valence-corrected chi connectivity index (χ0v) is 11.3. The summed E-state index contributed by atoms with van der Waals surface area (Å²) in [5.41, 5.74) is 0.286. The van der Waals surface area contributed by atoms with Gasteiger partial charge in [0, 0.05) is 0 Å². The van der Waals surface area contributed by atoms with Crippen molar-refractivity contribution < 1.29 is 19.1 Å². The maximum atomic E-state index is 11.7. The highest BCUT2D eigenvalue weighted by atomic mass is 16.5. The Bertz CT molecular complexity index is 379. The number of nitriles is 1. The summed E-state index contributed by atoms with van der Waals surface area (Å²) in [6.07, 6.45) is 0.468. The van der Waals surface area contributed by atoms with E-state index in [0.717, 1.165) is 0 Å². The first-order valence-corrected chi connectivity index (χ1v) is 5.97. The highest BCUT2D eigenvalue weighted by molar-refractivity contribution is 5.95. The number of esters is 2. The third-order valence-corrected chi connectivity index (χ3v) is 2.49. The van der Waals surface area contributed by atoms with Gasteiger partial charge in [-0.05, 0) is 32.8 Å². The number of hydrogen-bond donors (Lipinski definition) is 0. The molecule has 0 spiro atoms. The fourth-order valence-corrected chi connectivity index (χ4v) is 1.56. The molecule has 0 radical (unpaired) electrons. The van der Waals surface area contributed by atoms with Gasteiger partial charge in [-0.2, -0.15) is 5.26 Å². The average Bonchev–Trinajstić information content (AvgIpc) is 2.31. The van der Waals surface area contributed by atoms with E-state index in [9.17, 15) is 9.59 Å². The molecular formula is C13H19NO4. The molecule has 0 saturated carbocycles. The summed E-state index contributed by atoms with van der Waals surface area (Å²) in [6.45, 7) is 7.20. The van der Waals surface area contributed by atoms with Crippen molar-refractivity contribution in [3.63, 3.8) is 0 Å². The number of rotatable bonds is 6. The van der Waals surface area contributed by atoms with E-state index in [1.807, 2.05) is 0 Å². The number of ether oxygens (including phenoxy) is 2. The molecular weight excluding hydrogens is 234 g/mol. The molecule has 0 saturated heterocycles. The quantitative estimate of drug-likeness (QED) is 0.411. The molecule has 0 bridgehead atoms. The summed E-state index contributed by atoms with van der Waals surface area (Å²) >= 11 is 0. The van der Waals surface area contributed by atoms with Crippen LogP contribution in [0.1, 0.15) is 34.1 Å². The van der Waals surface area contributed by atoms with Gasteiger partial charge in [0.2, 0.25) is 0 Å². The van der Waals surface area contributed by atoms with Crippen molar-refractivity contribution in [1.82, 2.24) is 0 Å². The Balaban J connectivity index is 5.24. The molecule has 0 N–H and O–H groups in total. The van der Waals surface area contributed by atoms with Crippen LogP contribution in [0.15, 0.2) is 11.1 Å². The lowest BCUT2D eigenvalue weighted by molar-refractivity contribution is -0.146. The smallest absolute Gasteiger partial charge is 0.348 e. The highest BCUT2D eigenvalue weighted by Crippen LogP contribution is 2.21. The van der Waals surface area contributed by atoms with Crippen LogP contribution >= 0.6 is 0 Å². The summed E-state index contributed by atoms with van der Waals surface area (Å²) in [7, 11) is 0. The van der Waals surface area contributed by atoms with Gasteiger partial charge in [0.05, 0.1) is 19.1 Å².